The topological polar surface area (TPSA) is 51.5 Å². The first-order valence-corrected chi connectivity index (χ1v) is 8.48. The van der Waals surface area contributed by atoms with Crippen molar-refractivity contribution >= 4 is 33.1 Å². The molecule has 0 radical (unpaired) electrons. The predicted octanol–water partition coefficient (Wildman–Crippen LogP) is 4.99. The minimum atomic E-state index is 0.572. The van der Waals surface area contributed by atoms with E-state index < -0.39 is 0 Å². The molecule has 0 spiro atoms. The zero-order valence-electron chi connectivity index (χ0n) is 14.2. The Balaban J connectivity index is 2.16. The maximum atomic E-state index is 9.70. The molecule has 0 aliphatic carbocycles. The van der Waals surface area contributed by atoms with Crippen molar-refractivity contribution in [3.05, 3.63) is 52.9 Å². The van der Waals surface area contributed by atoms with Crippen LogP contribution in [-0.2, 0) is 0 Å². The fraction of sp³-hybridized carbons (Fsp3) is 0.150. The van der Waals surface area contributed by atoms with Crippen LogP contribution in [0.15, 0.2) is 41.8 Å². The summed E-state index contributed by atoms with van der Waals surface area (Å²) in [4.78, 5) is 0. The van der Waals surface area contributed by atoms with Crippen molar-refractivity contribution in [1.29, 1.82) is 5.26 Å². The van der Waals surface area contributed by atoms with Crippen molar-refractivity contribution in [3.63, 3.8) is 0 Å². The number of benzene rings is 2. The van der Waals surface area contributed by atoms with Gasteiger partial charge in [-0.3, -0.25) is 0 Å². The Kier molecular flexibility index (Phi) is 4.92. The zero-order chi connectivity index (χ0) is 17.8. The van der Waals surface area contributed by atoms with Gasteiger partial charge in [0.25, 0.3) is 0 Å². The number of ether oxygens (including phenoxy) is 3. The number of methoxy groups -OCH3 is 3. The monoisotopic (exact) mass is 351 g/mol. The smallest absolute Gasteiger partial charge is 0.164 e. The van der Waals surface area contributed by atoms with Crippen LogP contribution in [0.25, 0.3) is 21.7 Å². The first-order chi connectivity index (χ1) is 12.2. The lowest BCUT2D eigenvalue weighted by Gasteiger charge is -2.12. The first-order valence-electron chi connectivity index (χ1n) is 7.60. The van der Waals surface area contributed by atoms with E-state index >= 15 is 0 Å². The number of hydrogen-bond donors (Lipinski definition) is 0. The minimum absolute atomic E-state index is 0.572. The van der Waals surface area contributed by atoms with Gasteiger partial charge >= 0.3 is 0 Å². The molecule has 0 N–H and O–H groups in total. The van der Waals surface area contributed by atoms with Crippen molar-refractivity contribution < 1.29 is 14.2 Å². The third-order valence-corrected chi connectivity index (χ3v) is 4.89. The Morgan fingerprint density at radius 1 is 1.00 bits per heavy atom. The van der Waals surface area contributed by atoms with Crippen LogP contribution < -0.4 is 14.2 Å². The normalized spacial score (nSPS) is 11.2. The SMILES string of the molecule is COc1cc(OC)c(OC)cc1C=C(C#N)c1csc2ccccc12. The van der Waals surface area contributed by atoms with E-state index in [1.165, 1.54) is 0 Å². The summed E-state index contributed by atoms with van der Waals surface area (Å²) >= 11 is 1.62. The van der Waals surface area contributed by atoms with Gasteiger partial charge in [-0.25, -0.2) is 0 Å². The van der Waals surface area contributed by atoms with E-state index in [0.717, 1.165) is 21.2 Å². The van der Waals surface area contributed by atoms with Crippen LogP contribution in [0.1, 0.15) is 11.1 Å². The average molecular weight is 351 g/mol. The molecule has 0 unspecified atom stereocenters. The van der Waals surface area contributed by atoms with E-state index in [4.69, 9.17) is 14.2 Å². The maximum absolute atomic E-state index is 9.70. The fourth-order valence-corrected chi connectivity index (χ4v) is 3.64. The largest absolute Gasteiger partial charge is 0.496 e. The molecular weight excluding hydrogens is 334 g/mol. The van der Waals surface area contributed by atoms with Crippen molar-refractivity contribution in [3.8, 4) is 23.3 Å². The van der Waals surface area contributed by atoms with E-state index in [1.54, 1.807) is 38.7 Å². The van der Waals surface area contributed by atoms with Crippen molar-refractivity contribution in [1.82, 2.24) is 0 Å². The molecule has 25 heavy (non-hydrogen) atoms. The average Bonchev–Trinajstić information content (AvgIpc) is 3.09. The summed E-state index contributed by atoms with van der Waals surface area (Å²) in [6, 6.07) is 13.9. The summed E-state index contributed by atoms with van der Waals surface area (Å²) in [6.07, 6.45) is 1.81. The van der Waals surface area contributed by atoms with E-state index in [9.17, 15) is 5.26 Å². The van der Waals surface area contributed by atoms with Crippen molar-refractivity contribution in [2.45, 2.75) is 0 Å². The summed E-state index contributed by atoms with van der Waals surface area (Å²) in [7, 11) is 4.74. The molecule has 1 aromatic heterocycles. The molecule has 3 aromatic rings. The van der Waals surface area contributed by atoms with E-state index in [0.29, 0.717) is 22.8 Å². The van der Waals surface area contributed by atoms with Gasteiger partial charge in [0.2, 0.25) is 0 Å². The third-order valence-electron chi connectivity index (χ3n) is 3.93. The van der Waals surface area contributed by atoms with Crippen molar-refractivity contribution in [2.24, 2.45) is 0 Å². The zero-order valence-corrected chi connectivity index (χ0v) is 15.0. The molecule has 0 atom stereocenters. The predicted molar refractivity (Wildman–Crippen MR) is 101 cm³/mol. The number of rotatable bonds is 5. The van der Waals surface area contributed by atoms with Gasteiger partial charge in [-0.2, -0.15) is 5.26 Å². The summed E-state index contributed by atoms with van der Waals surface area (Å²) in [5.41, 5.74) is 2.25. The van der Waals surface area contributed by atoms with E-state index in [1.807, 2.05) is 35.7 Å². The van der Waals surface area contributed by atoms with Crippen LogP contribution in [0, 0.1) is 11.3 Å². The lowest BCUT2D eigenvalue weighted by molar-refractivity contribution is 0.348. The van der Waals surface area contributed by atoms with Gasteiger partial charge in [0, 0.05) is 32.7 Å². The van der Waals surface area contributed by atoms with Gasteiger partial charge in [-0.15, -0.1) is 11.3 Å². The standard InChI is InChI=1S/C20H17NO3S/c1-22-17-10-19(24-3)18(23-2)9-13(17)8-14(11-21)16-12-25-20-7-5-4-6-15(16)20/h4-10,12H,1-3H3. The highest BCUT2D eigenvalue weighted by atomic mass is 32.1. The Morgan fingerprint density at radius 3 is 2.36 bits per heavy atom. The second-order valence-electron chi connectivity index (χ2n) is 5.26. The second-order valence-corrected chi connectivity index (χ2v) is 6.18. The molecule has 0 aliphatic heterocycles. The van der Waals surface area contributed by atoms with Gasteiger partial charge in [-0.1, -0.05) is 18.2 Å². The quantitative estimate of drug-likeness (QED) is 0.608. The van der Waals surface area contributed by atoms with Gasteiger partial charge < -0.3 is 14.2 Å². The molecule has 0 amide bonds. The molecule has 4 nitrogen and oxygen atoms in total. The highest BCUT2D eigenvalue weighted by molar-refractivity contribution is 7.17. The molecule has 1 heterocycles. The Bertz CT molecular complexity index is 982. The van der Waals surface area contributed by atoms with Gasteiger partial charge in [0.05, 0.1) is 33.0 Å². The van der Waals surface area contributed by atoms with Crippen molar-refractivity contribution in [2.75, 3.05) is 21.3 Å². The van der Waals surface area contributed by atoms with E-state index in [-0.39, 0.29) is 0 Å². The van der Waals surface area contributed by atoms with Crippen LogP contribution in [0.3, 0.4) is 0 Å². The number of fused-ring (bicyclic) bond motifs is 1. The Morgan fingerprint density at radius 2 is 1.68 bits per heavy atom. The van der Waals surface area contributed by atoms with Crippen LogP contribution in [0.2, 0.25) is 0 Å². The lowest BCUT2D eigenvalue weighted by atomic mass is 10.0. The van der Waals surface area contributed by atoms with Crippen LogP contribution in [0.5, 0.6) is 17.2 Å². The highest BCUT2D eigenvalue weighted by Crippen LogP contribution is 2.38. The summed E-state index contributed by atoms with van der Waals surface area (Å²) < 4.78 is 17.3. The Labute approximate surface area is 150 Å². The first kappa shape index (κ1) is 16.9. The summed E-state index contributed by atoms with van der Waals surface area (Å²) in [5.74, 6) is 1.78. The van der Waals surface area contributed by atoms with Gasteiger partial charge in [0.15, 0.2) is 11.5 Å². The highest BCUT2D eigenvalue weighted by Gasteiger charge is 2.13. The van der Waals surface area contributed by atoms with Gasteiger partial charge in [0.1, 0.15) is 5.75 Å². The van der Waals surface area contributed by atoms with Crippen LogP contribution in [-0.4, -0.2) is 21.3 Å². The minimum Gasteiger partial charge on any atom is -0.496 e. The van der Waals surface area contributed by atoms with Gasteiger partial charge in [-0.05, 0) is 18.2 Å². The van der Waals surface area contributed by atoms with Crippen LogP contribution in [0.4, 0.5) is 0 Å². The number of hydrogen-bond acceptors (Lipinski definition) is 5. The molecule has 0 saturated carbocycles. The third kappa shape index (κ3) is 3.17. The number of allylic oxidation sites excluding steroid dienone is 1. The summed E-state index contributed by atoms with van der Waals surface area (Å²) in [5, 5.41) is 12.8. The molecule has 0 fully saturated rings. The van der Waals surface area contributed by atoms with E-state index in [2.05, 4.69) is 12.1 Å². The molecule has 5 heteroatoms. The molecule has 3 rings (SSSR count). The molecular formula is C20H17NO3S. The lowest BCUT2D eigenvalue weighted by Crippen LogP contribution is -1.95. The number of thiophene rings is 1. The maximum Gasteiger partial charge on any atom is 0.164 e. The molecule has 126 valence electrons. The summed E-state index contributed by atoms with van der Waals surface area (Å²) in [6.45, 7) is 0. The molecule has 2 aromatic carbocycles. The number of nitrogens with zero attached hydrogens (tertiary/aromatic N) is 1. The second kappa shape index (κ2) is 7.29. The fourth-order valence-electron chi connectivity index (χ4n) is 2.68. The molecule has 0 aliphatic rings. The molecule has 0 saturated heterocycles. The Hall–Kier alpha value is -2.97. The molecule has 0 bridgehead atoms. The number of nitriles is 1. The van der Waals surface area contributed by atoms with Crippen LogP contribution >= 0.6 is 11.3 Å².